The highest BCUT2D eigenvalue weighted by Crippen LogP contribution is 2.27. The number of rotatable bonds is 8. The molecule has 0 bridgehead atoms. The highest BCUT2D eigenvalue weighted by atomic mass is 32.2. The van der Waals surface area contributed by atoms with Crippen molar-refractivity contribution in [2.45, 2.75) is 43.5 Å². The van der Waals surface area contributed by atoms with Crippen molar-refractivity contribution < 1.29 is 17.9 Å². The molecule has 0 aliphatic carbocycles. The summed E-state index contributed by atoms with van der Waals surface area (Å²) in [6.07, 6.45) is 3.42. The molecule has 0 radical (unpaired) electrons. The first-order valence-electron chi connectivity index (χ1n) is 12.1. The minimum Gasteiger partial charge on any atom is -0.497 e. The third-order valence-corrected chi connectivity index (χ3v) is 8.95. The molecule has 1 amide bonds. The molecule has 1 N–H and O–H groups in total. The Morgan fingerprint density at radius 1 is 1.00 bits per heavy atom. The van der Waals surface area contributed by atoms with Gasteiger partial charge in [0, 0.05) is 25.6 Å². The van der Waals surface area contributed by atoms with Crippen LogP contribution in [0.3, 0.4) is 0 Å². The summed E-state index contributed by atoms with van der Waals surface area (Å²) >= 11 is 0. The first kappa shape index (κ1) is 24.7. The van der Waals surface area contributed by atoms with Crippen molar-refractivity contribution in [2.24, 2.45) is 5.92 Å². The second-order valence-electron chi connectivity index (χ2n) is 9.27. The van der Waals surface area contributed by atoms with E-state index in [1.54, 1.807) is 19.2 Å². The zero-order valence-corrected chi connectivity index (χ0v) is 20.9. The minimum absolute atomic E-state index is 0.0186. The maximum Gasteiger partial charge on any atom is 0.243 e. The number of methoxy groups -OCH3 is 1. The van der Waals surface area contributed by atoms with Gasteiger partial charge in [0.1, 0.15) is 5.75 Å². The average molecular weight is 486 g/mol. The number of carbonyl (C=O) groups excluding carboxylic acids is 1. The van der Waals surface area contributed by atoms with Crippen LogP contribution < -0.4 is 10.1 Å². The minimum atomic E-state index is -3.52. The van der Waals surface area contributed by atoms with Gasteiger partial charge in [0.25, 0.3) is 0 Å². The molecule has 0 aromatic heterocycles. The van der Waals surface area contributed by atoms with Gasteiger partial charge in [-0.05, 0) is 75.5 Å². The molecular formula is C26H35N3O4S. The fourth-order valence-corrected chi connectivity index (χ4v) is 6.37. The lowest BCUT2D eigenvalue weighted by atomic mass is 9.97. The van der Waals surface area contributed by atoms with Crippen LogP contribution in [0.4, 0.5) is 0 Å². The van der Waals surface area contributed by atoms with E-state index < -0.39 is 10.0 Å². The fourth-order valence-electron chi connectivity index (χ4n) is 4.90. The number of ether oxygens (including phenoxy) is 1. The molecule has 2 aliphatic rings. The van der Waals surface area contributed by atoms with E-state index in [4.69, 9.17) is 4.74 Å². The van der Waals surface area contributed by atoms with Gasteiger partial charge in [0.15, 0.2) is 0 Å². The van der Waals surface area contributed by atoms with E-state index in [9.17, 15) is 13.2 Å². The van der Waals surface area contributed by atoms with E-state index in [1.807, 2.05) is 31.2 Å². The number of nitrogens with one attached hydrogen (secondary N) is 1. The Kier molecular flexibility index (Phi) is 7.91. The standard InChI is InChI=1S/C26H35N3O4S/c1-20-5-11-24(12-6-20)34(31,32)29-17-13-22(14-18-29)26(30)27-19-25(28-15-3-4-16-28)21-7-9-23(33-2)10-8-21/h5-12,22,25H,3-4,13-19H2,1-2H3,(H,27,30). The number of benzene rings is 2. The van der Waals surface area contributed by atoms with E-state index in [1.165, 1.54) is 22.7 Å². The first-order chi connectivity index (χ1) is 16.4. The number of aryl methyl sites for hydroxylation is 1. The lowest BCUT2D eigenvalue weighted by Gasteiger charge is -2.32. The van der Waals surface area contributed by atoms with Crippen LogP contribution in [-0.2, 0) is 14.8 Å². The number of likely N-dealkylation sites (tertiary alicyclic amines) is 1. The summed E-state index contributed by atoms with van der Waals surface area (Å²) in [5.74, 6) is 0.671. The second-order valence-corrected chi connectivity index (χ2v) is 11.2. The van der Waals surface area contributed by atoms with Crippen molar-refractivity contribution >= 4 is 15.9 Å². The Bertz CT molecular complexity index is 1060. The summed E-state index contributed by atoms with van der Waals surface area (Å²) < 4.78 is 32.7. The zero-order chi connectivity index (χ0) is 24.1. The van der Waals surface area contributed by atoms with Crippen LogP contribution >= 0.6 is 0 Å². The summed E-state index contributed by atoms with van der Waals surface area (Å²) in [4.78, 5) is 15.7. The van der Waals surface area contributed by atoms with Gasteiger partial charge in [-0.3, -0.25) is 9.69 Å². The summed E-state index contributed by atoms with van der Waals surface area (Å²) in [7, 11) is -1.86. The Labute approximate surface area is 203 Å². The van der Waals surface area contributed by atoms with Gasteiger partial charge in [0.05, 0.1) is 18.0 Å². The van der Waals surface area contributed by atoms with E-state index in [0.717, 1.165) is 24.4 Å². The molecule has 2 saturated heterocycles. The lowest BCUT2D eigenvalue weighted by molar-refractivity contribution is -0.126. The van der Waals surface area contributed by atoms with E-state index in [2.05, 4.69) is 22.3 Å². The average Bonchev–Trinajstić information content (AvgIpc) is 3.39. The van der Waals surface area contributed by atoms with Crippen LogP contribution in [0.25, 0.3) is 0 Å². The predicted molar refractivity (Wildman–Crippen MR) is 132 cm³/mol. The van der Waals surface area contributed by atoms with Gasteiger partial charge in [-0.15, -0.1) is 0 Å². The molecule has 34 heavy (non-hydrogen) atoms. The molecule has 2 aromatic rings. The number of carbonyl (C=O) groups is 1. The van der Waals surface area contributed by atoms with Gasteiger partial charge >= 0.3 is 0 Å². The molecule has 2 heterocycles. The van der Waals surface area contributed by atoms with Crippen LogP contribution in [0.15, 0.2) is 53.4 Å². The zero-order valence-electron chi connectivity index (χ0n) is 20.1. The van der Waals surface area contributed by atoms with Gasteiger partial charge < -0.3 is 10.1 Å². The van der Waals surface area contributed by atoms with Crippen molar-refractivity contribution in [3.05, 3.63) is 59.7 Å². The first-order valence-corrected chi connectivity index (χ1v) is 13.5. The Morgan fingerprint density at radius 3 is 2.21 bits per heavy atom. The van der Waals surface area contributed by atoms with Crippen LogP contribution in [0.2, 0.25) is 0 Å². The maximum absolute atomic E-state index is 13.0. The monoisotopic (exact) mass is 485 g/mol. The van der Waals surface area contributed by atoms with Gasteiger partial charge in [-0.2, -0.15) is 4.31 Å². The fraction of sp³-hybridized carbons (Fsp3) is 0.500. The predicted octanol–water partition coefficient (Wildman–Crippen LogP) is 3.36. The molecule has 8 heteroatoms. The van der Waals surface area contributed by atoms with E-state index >= 15 is 0 Å². The Balaban J connectivity index is 1.34. The summed E-state index contributed by atoms with van der Waals surface area (Å²) in [6, 6.07) is 15.1. The highest BCUT2D eigenvalue weighted by molar-refractivity contribution is 7.89. The van der Waals surface area contributed by atoms with Gasteiger partial charge in [-0.1, -0.05) is 29.8 Å². The maximum atomic E-state index is 13.0. The molecule has 0 spiro atoms. The molecule has 1 atom stereocenters. The molecule has 7 nitrogen and oxygen atoms in total. The molecular weight excluding hydrogens is 450 g/mol. The van der Waals surface area contributed by atoms with E-state index in [0.29, 0.717) is 37.4 Å². The van der Waals surface area contributed by atoms with Crippen LogP contribution in [0, 0.1) is 12.8 Å². The smallest absolute Gasteiger partial charge is 0.243 e. The molecule has 4 rings (SSSR count). The third-order valence-electron chi connectivity index (χ3n) is 7.04. The van der Waals surface area contributed by atoms with Crippen molar-refractivity contribution in [3.8, 4) is 5.75 Å². The number of sulfonamides is 1. The molecule has 184 valence electrons. The van der Waals surface area contributed by atoms with Crippen molar-refractivity contribution in [3.63, 3.8) is 0 Å². The van der Waals surface area contributed by atoms with Crippen LogP contribution in [0.1, 0.15) is 42.9 Å². The van der Waals surface area contributed by atoms with Gasteiger partial charge in [0.2, 0.25) is 15.9 Å². The number of amides is 1. The third kappa shape index (κ3) is 5.62. The molecule has 0 saturated carbocycles. The molecule has 2 fully saturated rings. The Morgan fingerprint density at radius 2 is 1.62 bits per heavy atom. The quantitative estimate of drug-likeness (QED) is 0.620. The number of hydrogen-bond donors (Lipinski definition) is 1. The summed E-state index contributed by atoms with van der Waals surface area (Å²) in [6.45, 7) is 5.27. The summed E-state index contributed by atoms with van der Waals surface area (Å²) in [5, 5.41) is 3.17. The van der Waals surface area contributed by atoms with Crippen LogP contribution in [-0.4, -0.2) is 63.4 Å². The topological polar surface area (TPSA) is 79.0 Å². The lowest BCUT2D eigenvalue weighted by Crippen LogP contribution is -2.44. The van der Waals surface area contributed by atoms with Crippen molar-refractivity contribution in [1.29, 1.82) is 0 Å². The number of nitrogens with zero attached hydrogens (tertiary/aromatic N) is 2. The van der Waals surface area contributed by atoms with Crippen molar-refractivity contribution in [1.82, 2.24) is 14.5 Å². The molecule has 1 unspecified atom stereocenters. The number of hydrogen-bond acceptors (Lipinski definition) is 5. The number of piperidine rings is 1. The van der Waals surface area contributed by atoms with Gasteiger partial charge in [-0.25, -0.2) is 8.42 Å². The second kappa shape index (κ2) is 10.9. The largest absolute Gasteiger partial charge is 0.497 e. The highest BCUT2D eigenvalue weighted by Gasteiger charge is 2.32. The molecule has 2 aromatic carbocycles. The normalized spacial score (nSPS) is 19.1. The van der Waals surface area contributed by atoms with Crippen molar-refractivity contribution in [2.75, 3.05) is 39.8 Å². The van der Waals surface area contributed by atoms with Crippen LogP contribution in [0.5, 0.6) is 5.75 Å². The molecule has 2 aliphatic heterocycles. The Hall–Kier alpha value is -2.42. The van der Waals surface area contributed by atoms with E-state index in [-0.39, 0.29) is 17.9 Å². The SMILES string of the molecule is COc1ccc(C(CNC(=O)C2CCN(S(=O)(=O)c3ccc(C)cc3)CC2)N2CCCC2)cc1. The summed E-state index contributed by atoms with van der Waals surface area (Å²) in [5.41, 5.74) is 2.19.